The molecule has 0 spiro atoms. The molecule has 1 aromatic heterocycles. The molecular formula is C21H13O5+. The molecule has 0 aliphatic heterocycles. The molecule has 126 valence electrons. The van der Waals surface area contributed by atoms with Crippen LogP contribution in [0.3, 0.4) is 0 Å². The summed E-state index contributed by atoms with van der Waals surface area (Å²) in [4.78, 5) is 23.2. The molecule has 0 aliphatic rings. The van der Waals surface area contributed by atoms with Crippen LogP contribution in [0.2, 0.25) is 0 Å². The molecule has 1 heterocycles. The number of fused-ring (bicyclic) bond motifs is 2. The maximum Gasteiger partial charge on any atom is 0.361 e. The van der Waals surface area contributed by atoms with Gasteiger partial charge in [-0.2, -0.15) is 0 Å². The average molecular weight is 345 g/mol. The maximum absolute atomic E-state index is 11.8. The number of carboxylic acid groups (broad SMARTS) is 2. The Labute approximate surface area is 147 Å². The minimum Gasteiger partial charge on any atom is -0.478 e. The van der Waals surface area contributed by atoms with Gasteiger partial charge in [-0.25, -0.2) is 14.0 Å². The predicted molar refractivity (Wildman–Crippen MR) is 97.5 cm³/mol. The molecule has 0 fully saturated rings. The Balaban J connectivity index is 2.21. The van der Waals surface area contributed by atoms with Gasteiger partial charge in [0.15, 0.2) is 0 Å². The van der Waals surface area contributed by atoms with Gasteiger partial charge in [-0.1, -0.05) is 24.3 Å². The normalized spacial score (nSPS) is 10.9. The van der Waals surface area contributed by atoms with Crippen LogP contribution >= 0.6 is 0 Å². The summed E-state index contributed by atoms with van der Waals surface area (Å²) in [7, 11) is 0. The van der Waals surface area contributed by atoms with Crippen LogP contribution in [0.4, 0.5) is 0 Å². The number of hydrogen-bond donors (Lipinski definition) is 2. The summed E-state index contributed by atoms with van der Waals surface area (Å²) in [5, 5.41) is 20.4. The van der Waals surface area contributed by atoms with E-state index in [2.05, 4.69) is 0 Å². The summed E-state index contributed by atoms with van der Waals surface area (Å²) in [5.74, 6) is -2.23. The van der Waals surface area contributed by atoms with Gasteiger partial charge in [0.2, 0.25) is 0 Å². The molecule has 0 amide bonds. The van der Waals surface area contributed by atoms with Crippen LogP contribution in [0, 0.1) is 0 Å². The molecule has 4 rings (SSSR count). The van der Waals surface area contributed by atoms with Crippen LogP contribution in [0.5, 0.6) is 0 Å². The van der Waals surface area contributed by atoms with Crippen molar-refractivity contribution in [2.45, 2.75) is 0 Å². The standard InChI is InChI=1S/C21H12O5/c22-20(23)12-9-10-13(21(24)25)16(11-12)19-14-5-1-3-7-17(14)26-18-8-4-2-6-15(18)19/h1-11H,(H-,22,23,24,25)/p+1. The molecule has 0 radical (unpaired) electrons. The lowest BCUT2D eigenvalue weighted by atomic mass is 9.92. The van der Waals surface area contributed by atoms with Crippen molar-refractivity contribution in [3.05, 3.63) is 77.9 Å². The van der Waals surface area contributed by atoms with Gasteiger partial charge >= 0.3 is 23.1 Å². The Bertz CT molecular complexity index is 1140. The first-order valence-corrected chi connectivity index (χ1v) is 7.91. The van der Waals surface area contributed by atoms with Crippen LogP contribution in [0.15, 0.2) is 71.1 Å². The Morgan fingerprint density at radius 1 is 0.731 bits per heavy atom. The van der Waals surface area contributed by atoms with Crippen molar-refractivity contribution in [3.8, 4) is 11.1 Å². The van der Waals surface area contributed by atoms with Gasteiger partial charge in [-0.3, -0.25) is 0 Å². The van der Waals surface area contributed by atoms with E-state index >= 15 is 0 Å². The number of carboxylic acids is 2. The Hall–Kier alpha value is -3.73. The largest absolute Gasteiger partial charge is 0.478 e. The highest BCUT2D eigenvalue weighted by Gasteiger charge is 2.24. The zero-order valence-corrected chi connectivity index (χ0v) is 13.5. The molecule has 0 aliphatic carbocycles. The molecule has 4 aromatic rings. The smallest absolute Gasteiger partial charge is 0.361 e. The second-order valence-electron chi connectivity index (χ2n) is 5.84. The molecule has 0 saturated heterocycles. The van der Waals surface area contributed by atoms with Crippen molar-refractivity contribution in [3.63, 3.8) is 0 Å². The molecule has 0 saturated carbocycles. The van der Waals surface area contributed by atoms with Crippen molar-refractivity contribution in [2.75, 3.05) is 0 Å². The fraction of sp³-hybridized carbons (Fsp3) is 0. The highest BCUT2D eigenvalue weighted by atomic mass is 16.4. The molecule has 3 aromatic carbocycles. The van der Waals surface area contributed by atoms with Crippen LogP contribution < -0.4 is 0 Å². The Morgan fingerprint density at radius 3 is 1.85 bits per heavy atom. The lowest BCUT2D eigenvalue weighted by Crippen LogP contribution is -2.04. The summed E-state index contributed by atoms with van der Waals surface area (Å²) >= 11 is 0. The van der Waals surface area contributed by atoms with E-state index in [0.717, 1.165) is 10.8 Å². The molecule has 0 bridgehead atoms. The van der Waals surface area contributed by atoms with Gasteiger partial charge in [0.1, 0.15) is 0 Å². The number of carbonyl (C=O) groups is 2. The van der Waals surface area contributed by atoms with E-state index in [1.54, 1.807) is 12.1 Å². The third-order valence-corrected chi connectivity index (χ3v) is 4.30. The fourth-order valence-corrected chi connectivity index (χ4v) is 3.15. The monoisotopic (exact) mass is 345 g/mol. The zero-order valence-electron chi connectivity index (χ0n) is 13.5. The van der Waals surface area contributed by atoms with Crippen molar-refractivity contribution in [2.24, 2.45) is 0 Å². The maximum atomic E-state index is 11.8. The molecule has 5 heteroatoms. The number of para-hydroxylation sites is 2. The minimum absolute atomic E-state index is 0.0268. The first-order chi connectivity index (χ1) is 12.6. The van der Waals surface area contributed by atoms with Crippen molar-refractivity contribution in [1.82, 2.24) is 0 Å². The van der Waals surface area contributed by atoms with Crippen LogP contribution in [0.25, 0.3) is 33.1 Å². The zero-order chi connectivity index (χ0) is 18.3. The molecule has 2 N–H and O–H groups in total. The third-order valence-electron chi connectivity index (χ3n) is 4.30. The minimum atomic E-state index is -1.12. The fourth-order valence-electron chi connectivity index (χ4n) is 3.15. The first kappa shape index (κ1) is 15.8. The topological polar surface area (TPSA) is 85.9 Å². The van der Waals surface area contributed by atoms with E-state index in [4.69, 9.17) is 4.42 Å². The molecule has 0 unspecified atom stereocenters. The summed E-state index contributed by atoms with van der Waals surface area (Å²) in [5.41, 5.74) is 2.25. The van der Waals surface area contributed by atoms with Crippen LogP contribution in [-0.2, 0) is 0 Å². The van der Waals surface area contributed by atoms with E-state index in [-0.39, 0.29) is 11.1 Å². The van der Waals surface area contributed by atoms with Crippen LogP contribution in [0.1, 0.15) is 20.7 Å². The second-order valence-corrected chi connectivity index (χ2v) is 5.84. The number of benzene rings is 3. The van der Waals surface area contributed by atoms with E-state index in [0.29, 0.717) is 22.3 Å². The van der Waals surface area contributed by atoms with Crippen LogP contribution in [-0.4, -0.2) is 22.2 Å². The highest BCUT2D eigenvalue weighted by Crippen LogP contribution is 2.38. The van der Waals surface area contributed by atoms with Crippen molar-refractivity contribution >= 4 is 33.9 Å². The Kier molecular flexibility index (Phi) is 3.62. The Morgan fingerprint density at radius 2 is 1.31 bits per heavy atom. The summed E-state index contributed by atoms with van der Waals surface area (Å²) in [6.07, 6.45) is 0. The lowest BCUT2D eigenvalue weighted by Gasteiger charge is -2.10. The summed E-state index contributed by atoms with van der Waals surface area (Å²) < 4.78 is 5.92. The number of hydrogen-bond acceptors (Lipinski definition) is 2. The lowest BCUT2D eigenvalue weighted by molar-refractivity contribution is 0.0682. The van der Waals surface area contributed by atoms with Gasteiger partial charge in [0.25, 0.3) is 0 Å². The SMILES string of the molecule is O=C(O)c1ccc(C(=O)O)c(-c2c3ccccc3[o+]c3ccccc23)c1. The van der Waals surface area contributed by atoms with Gasteiger partial charge < -0.3 is 10.2 Å². The predicted octanol–water partition coefficient (Wildman–Crippen LogP) is 4.93. The second kappa shape index (κ2) is 5.97. The van der Waals surface area contributed by atoms with Gasteiger partial charge in [-0.15, -0.1) is 0 Å². The molecule has 5 nitrogen and oxygen atoms in total. The van der Waals surface area contributed by atoms with Gasteiger partial charge in [0.05, 0.1) is 21.9 Å². The molecular weight excluding hydrogens is 332 g/mol. The number of rotatable bonds is 3. The molecule has 26 heavy (non-hydrogen) atoms. The van der Waals surface area contributed by atoms with Gasteiger partial charge in [-0.05, 0) is 35.9 Å². The van der Waals surface area contributed by atoms with E-state index in [9.17, 15) is 19.8 Å². The van der Waals surface area contributed by atoms with E-state index < -0.39 is 11.9 Å². The van der Waals surface area contributed by atoms with Gasteiger partial charge in [0, 0.05) is 17.7 Å². The first-order valence-electron chi connectivity index (χ1n) is 7.91. The summed E-state index contributed by atoms with van der Waals surface area (Å²) in [6, 6.07) is 18.6. The van der Waals surface area contributed by atoms with E-state index in [1.807, 2.05) is 36.4 Å². The average Bonchev–Trinajstić information content (AvgIpc) is 2.65. The highest BCUT2D eigenvalue weighted by molar-refractivity contribution is 6.12. The molecule has 0 atom stereocenters. The van der Waals surface area contributed by atoms with E-state index in [1.165, 1.54) is 18.2 Å². The number of aromatic carboxylic acids is 2. The summed E-state index contributed by atoms with van der Waals surface area (Å²) in [6.45, 7) is 0. The van der Waals surface area contributed by atoms with Crippen molar-refractivity contribution < 1.29 is 24.2 Å². The van der Waals surface area contributed by atoms with Crippen molar-refractivity contribution in [1.29, 1.82) is 0 Å². The quantitative estimate of drug-likeness (QED) is 0.406. The third kappa shape index (κ3) is 2.46.